The number of carboxylic acid groups (broad SMARTS) is 1. The predicted octanol–water partition coefficient (Wildman–Crippen LogP) is 3.59. The quantitative estimate of drug-likeness (QED) is 0.750. The van der Waals surface area contributed by atoms with E-state index in [1.165, 1.54) is 0 Å². The van der Waals surface area contributed by atoms with Crippen molar-refractivity contribution in [2.24, 2.45) is 0 Å². The Labute approximate surface area is 149 Å². The highest BCUT2D eigenvalue weighted by molar-refractivity contribution is 7.16. The summed E-state index contributed by atoms with van der Waals surface area (Å²) in [6.45, 7) is 2.40. The molecular formula is C19H19N3O2S. The molecule has 0 bridgehead atoms. The van der Waals surface area contributed by atoms with Crippen molar-refractivity contribution in [3.8, 4) is 0 Å². The Morgan fingerprint density at radius 2 is 2.16 bits per heavy atom. The molecule has 0 fully saturated rings. The van der Waals surface area contributed by atoms with E-state index in [9.17, 15) is 9.90 Å². The number of aromatic carboxylic acids is 1. The van der Waals surface area contributed by atoms with Gasteiger partial charge in [-0.05, 0) is 24.1 Å². The van der Waals surface area contributed by atoms with Crippen molar-refractivity contribution >= 4 is 33.2 Å². The highest BCUT2D eigenvalue weighted by Gasteiger charge is 2.27. The number of rotatable bonds is 4. The van der Waals surface area contributed by atoms with Gasteiger partial charge in [0.2, 0.25) is 0 Å². The zero-order chi connectivity index (χ0) is 17.4. The first-order chi connectivity index (χ1) is 12.2. The Morgan fingerprint density at radius 1 is 1.32 bits per heavy atom. The van der Waals surface area contributed by atoms with Crippen molar-refractivity contribution in [2.75, 3.05) is 18.9 Å². The van der Waals surface area contributed by atoms with Crippen molar-refractivity contribution in [3.05, 3.63) is 58.1 Å². The average Bonchev–Trinajstić information content (AvgIpc) is 2.99. The van der Waals surface area contributed by atoms with Gasteiger partial charge in [0, 0.05) is 36.9 Å². The fourth-order valence-electron chi connectivity index (χ4n) is 3.42. The summed E-state index contributed by atoms with van der Waals surface area (Å²) >= 11 is 1.55. The minimum absolute atomic E-state index is 0.450. The Hall–Kier alpha value is -2.44. The zero-order valence-corrected chi connectivity index (χ0v) is 14.8. The minimum Gasteiger partial charge on any atom is -0.478 e. The number of nitrogens with one attached hydrogen (secondary N) is 1. The second kappa shape index (κ2) is 6.46. The molecule has 3 aromatic rings. The van der Waals surface area contributed by atoms with Gasteiger partial charge in [0.15, 0.2) is 0 Å². The molecule has 5 nitrogen and oxygen atoms in total. The number of carbonyl (C=O) groups is 1. The van der Waals surface area contributed by atoms with Crippen molar-refractivity contribution in [1.29, 1.82) is 0 Å². The molecule has 1 aromatic carbocycles. The lowest BCUT2D eigenvalue weighted by Gasteiger charge is -2.26. The first-order valence-corrected chi connectivity index (χ1v) is 9.10. The van der Waals surface area contributed by atoms with Gasteiger partial charge >= 0.3 is 5.97 Å². The predicted molar refractivity (Wildman–Crippen MR) is 100 cm³/mol. The molecule has 1 aliphatic rings. The Balaban J connectivity index is 1.57. The number of benzene rings is 1. The van der Waals surface area contributed by atoms with E-state index in [4.69, 9.17) is 4.98 Å². The first kappa shape index (κ1) is 16.1. The van der Waals surface area contributed by atoms with Crippen LogP contribution in [0.2, 0.25) is 0 Å². The van der Waals surface area contributed by atoms with Crippen LogP contribution in [0.4, 0.5) is 5.00 Å². The van der Waals surface area contributed by atoms with Gasteiger partial charge in [-0.15, -0.1) is 11.3 Å². The van der Waals surface area contributed by atoms with Crippen LogP contribution in [-0.2, 0) is 19.5 Å². The molecule has 0 atom stereocenters. The lowest BCUT2D eigenvalue weighted by atomic mass is 10.0. The molecule has 2 N–H and O–H groups in total. The van der Waals surface area contributed by atoms with E-state index in [1.54, 1.807) is 18.4 Å². The molecule has 0 saturated heterocycles. The summed E-state index contributed by atoms with van der Waals surface area (Å²) in [6, 6.07) is 12.3. The molecule has 0 radical (unpaired) electrons. The van der Waals surface area contributed by atoms with Crippen LogP contribution in [0.25, 0.3) is 10.9 Å². The number of para-hydroxylation sites is 1. The van der Waals surface area contributed by atoms with E-state index in [2.05, 4.69) is 28.4 Å². The molecule has 1 aliphatic heterocycles. The van der Waals surface area contributed by atoms with Crippen molar-refractivity contribution in [1.82, 2.24) is 9.88 Å². The summed E-state index contributed by atoms with van der Waals surface area (Å²) < 4.78 is 0. The van der Waals surface area contributed by atoms with Crippen LogP contribution in [0.1, 0.15) is 26.5 Å². The number of pyridine rings is 1. The van der Waals surface area contributed by atoms with E-state index in [0.717, 1.165) is 58.1 Å². The summed E-state index contributed by atoms with van der Waals surface area (Å²) in [6.07, 6.45) is 0.767. The number of carboxylic acids is 1. The van der Waals surface area contributed by atoms with Crippen LogP contribution in [0.15, 0.2) is 36.4 Å². The minimum atomic E-state index is -0.841. The molecule has 3 heterocycles. The molecule has 0 spiro atoms. The summed E-state index contributed by atoms with van der Waals surface area (Å²) in [7, 11) is 1.78. The molecule has 0 amide bonds. The van der Waals surface area contributed by atoms with Gasteiger partial charge < -0.3 is 10.4 Å². The number of aromatic nitrogens is 1. The molecule has 0 saturated carbocycles. The summed E-state index contributed by atoms with van der Waals surface area (Å²) in [5.41, 5.74) is 3.50. The number of anilines is 1. The average molecular weight is 353 g/mol. The third-order valence-electron chi connectivity index (χ3n) is 4.62. The van der Waals surface area contributed by atoms with E-state index in [1.807, 2.05) is 18.2 Å². The van der Waals surface area contributed by atoms with Crippen LogP contribution in [0.3, 0.4) is 0 Å². The van der Waals surface area contributed by atoms with Crippen LogP contribution in [0.5, 0.6) is 0 Å². The maximum Gasteiger partial charge on any atom is 0.338 e. The van der Waals surface area contributed by atoms with Crippen LogP contribution >= 0.6 is 11.3 Å². The number of thiophene rings is 1. The molecule has 4 rings (SSSR count). The van der Waals surface area contributed by atoms with E-state index < -0.39 is 5.97 Å². The Kier molecular flexibility index (Phi) is 4.15. The molecule has 6 heteroatoms. The maximum absolute atomic E-state index is 11.6. The van der Waals surface area contributed by atoms with Gasteiger partial charge in [0.05, 0.1) is 16.8 Å². The van der Waals surface area contributed by atoms with Crippen LogP contribution in [-0.4, -0.2) is 34.6 Å². The van der Waals surface area contributed by atoms with Crippen LogP contribution in [0, 0.1) is 0 Å². The standard InChI is InChI=1S/C19H19N3O2S/c1-20-18-17(19(23)24)14-8-9-22(11-16(14)25-18)10-13-7-6-12-4-2-3-5-15(12)21-13/h2-7,20H,8-11H2,1H3,(H,23,24). The SMILES string of the molecule is CNc1sc2c(c1C(=O)O)CCN(Cc1ccc3ccccc3n1)C2. The highest BCUT2D eigenvalue weighted by atomic mass is 32.1. The fourth-order valence-corrected chi connectivity index (χ4v) is 4.65. The third kappa shape index (κ3) is 2.99. The summed E-state index contributed by atoms with van der Waals surface area (Å²) in [4.78, 5) is 19.8. The van der Waals surface area contributed by atoms with Gasteiger partial charge in [0.1, 0.15) is 5.00 Å². The number of nitrogens with zero attached hydrogens (tertiary/aromatic N) is 2. The normalized spacial score (nSPS) is 14.4. The van der Waals surface area contributed by atoms with E-state index in [0.29, 0.717) is 5.56 Å². The maximum atomic E-state index is 11.6. The second-order valence-electron chi connectivity index (χ2n) is 6.22. The number of hydrogen-bond acceptors (Lipinski definition) is 5. The number of fused-ring (bicyclic) bond motifs is 2. The Morgan fingerprint density at radius 3 is 2.96 bits per heavy atom. The van der Waals surface area contributed by atoms with Crippen molar-refractivity contribution < 1.29 is 9.90 Å². The molecule has 128 valence electrons. The van der Waals surface area contributed by atoms with E-state index in [-0.39, 0.29) is 0 Å². The van der Waals surface area contributed by atoms with Gasteiger partial charge in [0.25, 0.3) is 0 Å². The summed E-state index contributed by atoms with van der Waals surface area (Å²) in [5.74, 6) is -0.841. The largest absolute Gasteiger partial charge is 0.478 e. The molecule has 25 heavy (non-hydrogen) atoms. The monoisotopic (exact) mass is 353 g/mol. The topological polar surface area (TPSA) is 65.5 Å². The Bertz CT molecular complexity index is 951. The number of hydrogen-bond donors (Lipinski definition) is 2. The van der Waals surface area contributed by atoms with Gasteiger partial charge in [-0.3, -0.25) is 9.88 Å². The van der Waals surface area contributed by atoms with Crippen LogP contribution < -0.4 is 5.32 Å². The fraction of sp³-hybridized carbons (Fsp3) is 0.263. The smallest absolute Gasteiger partial charge is 0.338 e. The highest BCUT2D eigenvalue weighted by Crippen LogP contribution is 2.37. The molecule has 0 aliphatic carbocycles. The van der Waals surface area contributed by atoms with Crippen molar-refractivity contribution in [3.63, 3.8) is 0 Å². The van der Waals surface area contributed by atoms with Gasteiger partial charge in [-0.1, -0.05) is 24.3 Å². The first-order valence-electron chi connectivity index (χ1n) is 8.28. The molecular weight excluding hydrogens is 334 g/mol. The van der Waals surface area contributed by atoms with Gasteiger partial charge in [-0.2, -0.15) is 0 Å². The molecule has 0 unspecified atom stereocenters. The molecule has 2 aromatic heterocycles. The third-order valence-corrected chi connectivity index (χ3v) is 5.85. The van der Waals surface area contributed by atoms with Gasteiger partial charge in [-0.25, -0.2) is 4.79 Å². The summed E-state index contributed by atoms with van der Waals surface area (Å²) in [5, 5.41) is 14.4. The zero-order valence-electron chi connectivity index (χ0n) is 14.0. The van der Waals surface area contributed by atoms with Crippen molar-refractivity contribution in [2.45, 2.75) is 19.5 Å². The lowest BCUT2D eigenvalue weighted by molar-refractivity contribution is 0.0696. The van der Waals surface area contributed by atoms with E-state index >= 15 is 0 Å². The second-order valence-corrected chi connectivity index (χ2v) is 7.32. The lowest BCUT2D eigenvalue weighted by Crippen LogP contribution is -2.30.